The predicted molar refractivity (Wildman–Crippen MR) is 68.0 cm³/mol. The third-order valence-corrected chi connectivity index (χ3v) is 3.01. The highest BCUT2D eigenvalue weighted by Crippen LogP contribution is 2.28. The first kappa shape index (κ1) is 12.8. The molecule has 2 rings (SSSR count). The fourth-order valence-corrected chi connectivity index (χ4v) is 1.59. The van der Waals surface area contributed by atoms with Crippen LogP contribution in [0.15, 0.2) is 18.3 Å². The van der Waals surface area contributed by atoms with Crippen molar-refractivity contribution in [1.29, 1.82) is 0 Å². The number of aromatic nitrogens is 1. The van der Waals surface area contributed by atoms with E-state index in [0.717, 1.165) is 24.9 Å². The number of nitrogens with zero attached hydrogens (tertiary/aromatic N) is 2. The van der Waals surface area contributed by atoms with Crippen molar-refractivity contribution < 1.29 is 14.6 Å². The number of carboxylic acids is 1. The molecular weight excluding hydrogens is 232 g/mol. The van der Waals surface area contributed by atoms with Crippen LogP contribution in [0.4, 0.5) is 5.82 Å². The van der Waals surface area contributed by atoms with E-state index in [1.54, 1.807) is 12.1 Å². The number of pyridine rings is 1. The van der Waals surface area contributed by atoms with Gasteiger partial charge >= 0.3 is 5.97 Å². The molecule has 5 heteroatoms. The summed E-state index contributed by atoms with van der Waals surface area (Å²) in [5.41, 5.74) is 0.206. The molecule has 0 saturated heterocycles. The average molecular weight is 250 g/mol. The molecule has 1 saturated carbocycles. The lowest BCUT2D eigenvalue weighted by molar-refractivity contribution is 0.0696. The van der Waals surface area contributed by atoms with Gasteiger partial charge in [0, 0.05) is 26.4 Å². The van der Waals surface area contributed by atoms with Crippen molar-refractivity contribution >= 4 is 11.8 Å². The molecule has 1 aliphatic rings. The van der Waals surface area contributed by atoms with Crippen LogP contribution >= 0.6 is 0 Å². The lowest BCUT2D eigenvalue weighted by Crippen LogP contribution is -2.23. The van der Waals surface area contributed by atoms with Crippen molar-refractivity contribution in [3.05, 3.63) is 23.9 Å². The Labute approximate surface area is 106 Å². The molecule has 1 aromatic rings. The van der Waals surface area contributed by atoms with E-state index in [4.69, 9.17) is 9.84 Å². The number of hydrogen-bond acceptors (Lipinski definition) is 4. The van der Waals surface area contributed by atoms with Gasteiger partial charge in [0.25, 0.3) is 0 Å². The van der Waals surface area contributed by atoms with Crippen molar-refractivity contribution in [2.75, 3.05) is 31.7 Å². The van der Waals surface area contributed by atoms with E-state index in [-0.39, 0.29) is 5.56 Å². The molecule has 0 aromatic carbocycles. The van der Waals surface area contributed by atoms with Crippen LogP contribution in [0.3, 0.4) is 0 Å². The van der Waals surface area contributed by atoms with Gasteiger partial charge in [0.15, 0.2) is 0 Å². The summed E-state index contributed by atoms with van der Waals surface area (Å²) in [5.74, 6) is 0.586. The van der Waals surface area contributed by atoms with Crippen molar-refractivity contribution in [2.24, 2.45) is 5.92 Å². The zero-order valence-corrected chi connectivity index (χ0v) is 10.5. The first-order valence-electron chi connectivity index (χ1n) is 6.15. The summed E-state index contributed by atoms with van der Waals surface area (Å²) < 4.78 is 5.55. The van der Waals surface area contributed by atoms with Crippen LogP contribution in [0.2, 0.25) is 0 Å². The van der Waals surface area contributed by atoms with Crippen LogP contribution < -0.4 is 4.90 Å². The Bertz CT molecular complexity index is 401. The average Bonchev–Trinajstić information content (AvgIpc) is 3.18. The Balaban J connectivity index is 1.76. The van der Waals surface area contributed by atoms with Gasteiger partial charge in [0.2, 0.25) is 0 Å². The maximum absolute atomic E-state index is 10.7. The van der Waals surface area contributed by atoms with Gasteiger partial charge in [-0.15, -0.1) is 0 Å². The van der Waals surface area contributed by atoms with Crippen LogP contribution in [0, 0.1) is 5.92 Å². The highest BCUT2D eigenvalue weighted by molar-refractivity contribution is 5.87. The zero-order chi connectivity index (χ0) is 13.0. The third-order valence-electron chi connectivity index (χ3n) is 3.01. The smallest absolute Gasteiger partial charge is 0.337 e. The summed E-state index contributed by atoms with van der Waals surface area (Å²) in [6.07, 6.45) is 3.97. The summed E-state index contributed by atoms with van der Waals surface area (Å²) in [6, 6.07) is 3.27. The third kappa shape index (κ3) is 3.70. The molecule has 0 bridgehead atoms. The Morgan fingerprint density at radius 3 is 2.89 bits per heavy atom. The van der Waals surface area contributed by atoms with Crippen LogP contribution in [-0.2, 0) is 4.74 Å². The number of ether oxygens (including phenoxy) is 1. The fraction of sp³-hybridized carbons (Fsp3) is 0.538. The molecule has 0 spiro atoms. The van der Waals surface area contributed by atoms with E-state index < -0.39 is 5.97 Å². The van der Waals surface area contributed by atoms with Crippen LogP contribution in [0.1, 0.15) is 23.2 Å². The van der Waals surface area contributed by atoms with Gasteiger partial charge in [-0.1, -0.05) is 0 Å². The molecule has 1 heterocycles. The highest BCUT2D eigenvalue weighted by atomic mass is 16.5. The molecule has 5 nitrogen and oxygen atoms in total. The molecule has 0 aliphatic heterocycles. The van der Waals surface area contributed by atoms with E-state index in [1.165, 1.54) is 19.0 Å². The molecule has 0 unspecified atom stereocenters. The second-order valence-electron chi connectivity index (χ2n) is 4.65. The minimum Gasteiger partial charge on any atom is -0.478 e. The molecule has 0 amide bonds. The van der Waals surface area contributed by atoms with Crippen molar-refractivity contribution in [1.82, 2.24) is 4.98 Å². The maximum atomic E-state index is 10.7. The first-order valence-corrected chi connectivity index (χ1v) is 6.15. The molecule has 1 fully saturated rings. The molecule has 98 valence electrons. The van der Waals surface area contributed by atoms with Crippen molar-refractivity contribution in [3.8, 4) is 0 Å². The van der Waals surface area contributed by atoms with E-state index in [0.29, 0.717) is 6.61 Å². The van der Waals surface area contributed by atoms with Crippen LogP contribution in [0.5, 0.6) is 0 Å². The first-order chi connectivity index (χ1) is 8.66. The van der Waals surface area contributed by atoms with Crippen LogP contribution in [-0.4, -0.2) is 42.9 Å². The number of carbonyl (C=O) groups is 1. The fourth-order valence-electron chi connectivity index (χ4n) is 1.59. The second kappa shape index (κ2) is 5.82. The van der Waals surface area contributed by atoms with Gasteiger partial charge in [0.05, 0.1) is 12.2 Å². The number of hydrogen-bond donors (Lipinski definition) is 1. The minimum atomic E-state index is -0.954. The largest absolute Gasteiger partial charge is 0.478 e. The molecule has 1 aliphatic carbocycles. The highest BCUT2D eigenvalue weighted by Gasteiger charge is 2.20. The van der Waals surface area contributed by atoms with E-state index >= 15 is 0 Å². The lowest BCUT2D eigenvalue weighted by atomic mass is 10.3. The molecule has 0 atom stereocenters. The Morgan fingerprint density at radius 2 is 2.33 bits per heavy atom. The van der Waals surface area contributed by atoms with Gasteiger partial charge in [-0.25, -0.2) is 9.78 Å². The topological polar surface area (TPSA) is 62.7 Å². The van der Waals surface area contributed by atoms with Gasteiger partial charge in [-0.2, -0.15) is 0 Å². The van der Waals surface area contributed by atoms with E-state index in [2.05, 4.69) is 4.98 Å². The Hall–Kier alpha value is -1.62. The summed E-state index contributed by atoms with van der Waals surface area (Å²) in [6.45, 7) is 2.29. The van der Waals surface area contributed by atoms with E-state index in [9.17, 15) is 4.79 Å². The SMILES string of the molecule is CN(CCOCC1CC1)c1ccc(C(=O)O)cn1. The molecule has 0 radical (unpaired) electrons. The molecule has 1 aromatic heterocycles. The Kier molecular flexibility index (Phi) is 4.15. The normalized spacial score (nSPS) is 14.5. The molecular formula is C13H18N2O3. The van der Waals surface area contributed by atoms with Gasteiger partial charge in [-0.3, -0.25) is 0 Å². The number of aromatic carboxylic acids is 1. The standard InChI is InChI=1S/C13H18N2O3/c1-15(6-7-18-9-10-2-3-10)12-5-4-11(8-14-12)13(16)17/h4-5,8,10H,2-3,6-7,9H2,1H3,(H,16,17). The summed E-state index contributed by atoms with van der Waals surface area (Å²) in [4.78, 5) is 16.8. The van der Waals surface area contributed by atoms with Gasteiger partial charge in [-0.05, 0) is 30.9 Å². The monoisotopic (exact) mass is 250 g/mol. The quantitative estimate of drug-likeness (QED) is 0.745. The van der Waals surface area contributed by atoms with Crippen LogP contribution in [0.25, 0.3) is 0 Å². The van der Waals surface area contributed by atoms with Crippen molar-refractivity contribution in [3.63, 3.8) is 0 Å². The maximum Gasteiger partial charge on any atom is 0.337 e. The number of carboxylic acid groups (broad SMARTS) is 1. The van der Waals surface area contributed by atoms with Gasteiger partial charge in [0.1, 0.15) is 5.82 Å². The lowest BCUT2D eigenvalue weighted by Gasteiger charge is -2.18. The number of anilines is 1. The minimum absolute atomic E-state index is 0.206. The van der Waals surface area contributed by atoms with E-state index in [1.807, 2.05) is 11.9 Å². The van der Waals surface area contributed by atoms with Gasteiger partial charge < -0.3 is 14.7 Å². The molecule has 18 heavy (non-hydrogen) atoms. The number of likely N-dealkylation sites (N-methyl/N-ethyl adjacent to an activating group) is 1. The summed E-state index contributed by atoms with van der Waals surface area (Å²) in [7, 11) is 1.92. The predicted octanol–water partition coefficient (Wildman–Crippen LogP) is 1.64. The summed E-state index contributed by atoms with van der Waals surface area (Å²) >= 11 is 0. The zero-order valence-electron chi connectivity index (χ0n) is 10.5. The Morgan fingerprint density at radius 1 is 1.56 bits per heavy atom. The second-order valence-corrected chi connectivity index (χ2v) is 4.65. The molecule has 1 N–H and O–H groups in total. The summed E-state index contributed by atoms with van der Waals surface area (Å²) in [5, 5.41) is 8.77. The van der Waals surface area contributed by atoms with Crippen molar-refractivity contribution in [2.45, 2.75) is 12.8 Å². The number of rotatable bonds is 7.